The van der Waals surface area contributed by atoms with Crippen molar-refractivity contribution in [2.45, 2.75) is 31.7 Å². The van der Waals surface area contributed by atoms with E-state index in [1.165, 1.54) is 12.8 Å². The normalized spacial score (nSPS) is 16.9. The van der Waals surface area contributed by atoms with Crippen LogP contribution in [0.4, 0.5) is 0 Å². The summed E-state index contributed by atoms with van der Waals surface area (Å²) in [6, 6.07) is 6.22. The van der Waals surface area contributed by atoms with Crippen molar-refractivity contribution in [3.63, 3.8) is 0 Å². The van der Waals surface area contributed by atoms with Crippen molar-refractivity contribution in [3.05, 3.63) is 28.2 Å². The van der Waals surface area contributed by atoms with Crippen molar-refractivity contribution in [1.29, 1.82) is 0 Å². The molecule has 1 aliphatic rings. The maximum Gasteiger partial charge on any atom is 0.142 e. The zero-order valence-corrected chi connectivity index (χ0v) is 12.0. The number of amidine groups is 1. The summed E-state index contributed by atoms with van der Waals surface area (Å²) in [5.74, 6) is 7.12. The first-order valence-corrected chi connectivity index (χ1v) is 6.92. The molecule has 0 bridgehead atoms. The second-order valence-electron chi connectivity index (χ2n) is 4.41. The first-order chi connectivity index (χ1) is 8.74. The van der Waals surface area contributed by atoms with E-state index in [0.717, 1.165) is 34.5 Å². The molecule has 0 amide bonds. The molecule has 0 aromatic heterocycles. The van der Waals surface area contributed by atoms with Crippen molar-refractivity contribution in [2.24, 2.45) is 10.8 Å². The third-order valence-corrected chi connectivity index (χ3v) is 3.82. The summed E-state index contributed by atoms with van der Waals surface area (Å²) in [7, 11) is 1.65. The molecule has 1 saturated carbocycles. The van der Waals surface area contributed by atoms with Crippen molar-refractivity contribution >= 4 is 21.8 Å². The predicted octanol–water partition coefficient (Wildman–Crippen LogP) is 2.61. The minimum Gasteiger partial charge on any atom is -0.496 e. The fourth-order valence-electron chi connectivity index (χ4n) is 2.22. The van der Waals surface area contributed by atoms with Gasteiger partial charge in [0.25, 0.3) is 0 Å². The Morgan fingerprint density at radius 2 is 2.17 bits per heavy atom. The number of ether oxygens (including phenoxy) is 1. The van der Waals surface area contributed by atoms with E-state index >= 15 is 0 Å². The molecule has 0 saturated heterocycles. The summed E-state index contributed by atoms with van der Waals surface area (Å²) >= 11 is 3.47. The maximum absolute atomic E-state index is 5.58. The number of nitrogens with two attached hydrogens (primary N) is 1. The summed E-state index contributed by atoms with van der Waals surface area (Å²) in [6.07, 6.45) is 4.83. The first kappa shape index (κ1) is 13.4. The Labute approximate surface area is 116 Å². The highest BCUT2D eigenvalue weighted by atomic mass is 79.9. The SMILES string of the molecule is COc1ccc(C(=NC2CCCC2)NN)cc1Br. The molecule has 0 aliphatic heterocycles. The Morgan fingerprint density at radius 3 is 2.72 bits per heavy atom. The van der Waals surface area contributed by atoms with E-state index in [4.69, 9.17) is 10.6 Å². The number of benzene rings is 1. The van der Waals surface area contributed by atoms with Gasteiger partial charge in [0.1, 0.15) is 11.6 Å². The monoisotopic (exact) mass is 311 g/mol. The zero-order valence-electron chi connectivity index (χ0n) is 10.4. The Kier molecular flexibility index (Phi) is 4.60. The largest absolute Gasteiger partial charge is 0.496 e. The van der Waals surface area contributed by atoms with E-state index in [1.807, 2.05) is 18.2 Å². The van der Waals surface area contributed by atoms with Gasteiger partial charge in [0.15, 0.2) is 0 Å². The van der Waals surface area contributed by atoms with Crippen molar-refractivity contribution in [1.82, 2.24) is 5.43 Å². The minimum atomic E-state index is 0.400. The molecule has 4 nitrogen and oxygen atoms in total. The Bertz CT molecular complexity index is 442. The molecule has 2 rings (SSSR count). The fraction of sp³-hybridized carbons (Fsp3) is 0.462. The third-order valence-electron chi connectivity index (χ3n) is 3.20. The number of nitrogens with one attached hydrogen (secondary N) is 1. The third kappa shape index (κ3) is 3.03. The highest BCUT2D eigenvalue weighted by Gasteiger charge is 2.15. The van der Waals surface area contributed by atoms with E-state index in [-0.39, 0.29) is 0 Å². The summed E-state index contributed by atoms with van der Waals surface area (Å²) in [5, 5.41) is 0. The molecule has 1 fully saturated rings. The standard InChI is InChI=1S/C13H18BrN3O/c1-18-12-7-6-9(8-11(12)14)13(17-15)16-10-4-2-3-5-10/h6-8,10H,2-5,15H2,1H3,(H,16,17). The van der Waals surface area contributed by atoms with E-state index in [0.29, 0.717) is 6.04 Å². The van der Waals surface area contributed by atoms with Crippen LogP contribution in [-0.2, 0) is 0 Å². The smallest absolute Gasteiger partial charge is 0.142 e. The Hall–Kier alpha value is -1.07. The van der Waals surface area contributed by atoms with Crippen LogP contribution < -0.4 is 16.0 Å². The average Bonchev–Trinajstić information content (AvgIpc) is 2.88. The molecule has 5 heteroatoms. The molecule has 0 heterocycles. The van der Waals surface area contributed by atoms with Crippen LogP contribution >= 0.6 is 15.9 Å². The highest BCUT2D eigenvalue weighted by Crippen LogP contribution is 2.26. The number of hydrogen-bond acceptors (Lipinski definition) is 3. The molecule has 0 unspecified atom stereocenters. The number of halogens is 1. The molecular formula is C13H18BrN3O. The van der Waals surface area contributed by atoms with Gasteiger partial charge in [0.2, 0.25) is 0 Å². The van der Waals surface area contributed by atoms with Gasteiger partial charge in [-0.05, 0) is 47.0 Å². The van der Waals surface area contributed by atoms with Gasteiger partial charge in [-0.3, -0.25) is 4.99 Å². The number of hydrazine groups is 1. The van der Waals surface area contributed by atoms with E-state index in [1.54, 1.807) is 7.11 Å². The molecular weight excluding hydrogens is 294 g/mol. The molecule has 18 heavy (non-hydrogen) atoms. The lowest BCUT2D eigenvalue weighted by Gasteiger charge is -2.11. The predicted molar refractivity (Wildman–Crippen MR) is 76.8 cm³/mol. The number of rotatable bonds is 3. The van der Waals surface area contributed by atoms with E-state index in [2.05, 4.69) is 26.3 Å². The van der Waals surface area contributed by atoms with Gasteiger partial charge in [-0.1, -0.05) is 12.8 Å². The summed E-state index contributed by atoms with van der Waals surface area (Å²) in [4.78, 5) is 4.68. The quantitative estimate of drug-likeness (QED) is 0.390. The molecule has 98 valence electrons. The molecule has 3 N–H and O–H groups in total. The van der Waals surface area contributed by atoms with Crippen LogP contribution in [0.15, 0.2) is 27.7 Å². The topological polar surface area (TPSA) is 59.6 Å². The maximum atomic E-state index is 5.58. The highest BCUT2D eigenvalue weighted by molar-refractivity contribution is 9.10. The van der Waals surface area contributed by atoms with Crippen LogP contribution in [0.1, 0.15) is 31.2 Å². The lowest BCUT2D eigenvalue weighted by atomic mass is 10.2. The van der Waals surface area contributed by atoms with Gasteiger partial charge in [0.05, 0.1) is 17.6 Å². The average molecular weight is 312 g/mol. The molecule has 1 aromatic rings. The van der Waals surface area contributed by atoms with Crippen LogP contribution in [0.3, 0.4) is 0 Å². The van der Waals surface area contributed by atoms with Gasteiger partial charge < -0.3 is 10.2 Å². The van der Waals surface area contributed by atoms with Crippen molar-refractivity contribution in [3.8, 4) is 5.75 Å². The molecule has 1 aromatic carbocycles. The number of hydrogen-bond donors (Lipinski definition) is 2. The molecule has 0 atom stereocenters. The Morgan fingerprint density at radius 1 is 1.44 bits per heavy atom. The van der Waals surface area contributed by atoms with Crippen LogP contribution in [0.5, 0.6) is 5.75 Å². The van der Waals surface area contributed by atoms with Gasteiger partial charge >= 0.3 is 0 Å². The van der Waals surface area contributed by atoms with Gasteiger partial charge in [-0.15, -0.1) is 0 Å². The minimum absolute atomic E-state index is 0.400. The first-order valence-electron chi connectivity index (χ1n) is 6.13. The summed E-state index contributed by atoms with van der Waals surface area (Å²) < 4.78 is 6.11. The fourth-order valence-corrected chi connectivity index (χ4v) is 2.77. The zero-order chi connectivity index (χ0) is 13.0. The molecule has 1 aliphatic carbocycles. The van der Waals surface area contributed by atoms with Crippen LogP contribution in [0.25, 0.3) is 0 Å². The van der Waals surface area contributed by atoms with Crippen LogP contribution in [0.2, 0.25) is 0 Å². The van der Waals surface area contributed by atoms with Gasteiger partial charge in [0, 0.05) is 5.56 Å². The van der Waals surface area contributed by atoms with E-state index in [9.17, 15) is 0 Å². The second-order valence-corrected chi connectivity index (χ2v) is 5.26. The van der Waals surface area contributed by atoms with Gasteiger partial charge in [-0.2, -0.15) is 0 Å². The van der Waals surface area contributed by atoms with E-state index < -0.39 is 0 Å². The van der Waals surface area contributed by atoms with Crippen LogP contribution in [0, 0.1) is 0 Å². The number of nitrogens with zero attached hydrogens (tertiary/aromatic N) is 1. The Balaban J connectivity index is 2.24. The second kappa shape index (κ2) is 6.20. The number of aliphatic imine (C=N–C) groups is 1. The molecule has 0 radical (unpaired) electrons. The lowest BCUT2D eigenvalue weighted by Crippen LogP contribution is -2.32. The van der Waals surface area contributed by atoms with Gasteiger partial charge in [-0.25, -0.2) is 5.84 Å². The summed E-state index contributed by atoms with van der Waals surface area (Å²) in [6.45, 7) is 0. The molecule has 0 spiro atoms. The van der Waals surface area contributed by atoms with Crippen LogP contribution in [-0.4, -0.2) is 19.0 Å². The van der Waals surface area contributed by atoms with Crippen molar-refractivity contribution < 1.29 is 4.74 Å². The summed E-state index contributed by atoms with van der Waals surface area (Å²) in [5.41, 5.74) is 3.67. The lowest BCUT2D eigenvalue weighted by molar-refractivity contribution is 0.412. The number of methoxy groups -OCH3 is 1. The van der Waals surface area contributed by atoms with Crippen molar-refractivity contribution in [2.75, 3.05) is 7.11 Å².